The van der Waals surface area contributed by atoms with Gasteiger partial charge < -0.3 is 35.1 Å². The van der Waals surface area contributed by atoms with E-state index in [9.17, 15) is 14.7 Å². The highest BCUT2D eigenvalue weighted by Gasteiger charge is 2.26. The molecular formula is C27H38N2O7. The number of aryl methyl sites for hydroxylation is 1. The van der Waals surface area contributed by atoms with Crippen molar-refractivity contribution in [1.82, 2.24) is 0 Å². The van der Waals surface area contributed by atoms with E-state index in [0.717, 1.165) is 17.6 Å². The van der Waals surface area contributed by atoms with Crippen molar-refractivity contribution in [3.63, 3.8) is 0 Å². The minimum Gasteiger partial charge on any atom is -0.508 e. The number of aromatic hydroxyl groups is 1. The molecule has 2 bridgehead atoms. The summed E-state index contributed by atoms with van der Waals surface area (Å²) >= 11 is 0. The molecule has 1 aromatic rings. The van der Waals surface area contributed by atoms with E-state index >= 15 is 0 Å². The number of hydrogen-bond acceptors (Lipinski definition) is 7. The summed E-state index contributed by atoms with van der Waals surface area (Å²) in [5, 5.41) is 13.0. The van der Waals surface area contributed by atoms with Gasteiger partial charge in [0.05, 0.1) is 12.2 Å². The number of nitrogens with two attached hydrogens (primary N) is 1. The first-order chi connectivity index (χ1) is 17.2. The van der Waals surface area contributed by atoms with E-state index in [0.29, 0.717) is 30.5 Å². The lowest BCUT2D eigenvalue weighted by Gasteiger charge is -2.26. The zero-order chi connectivity index (χ0) is 26.7. The molecule has 0 saturated carbocycles. The maximum Gasteiger partial charge on any atom is 0.405 e. The van der Waals surface area contributed by atoms with Gasteiger partial charge in [0.15, 0.2) is 6.10 Å². The monoisotopic (exact) mass is 502 g/mol. The molecule has 2 rings (SSSR count). The number of nitrogens with one attached hydrogen (secondary N) is 1. The van der Waals surface area contributed by atoms with Crippen LogP contribution in [0.4, 0.5) is 10.5 Å². The quantitative estimate of drug-likeness (QED) is 0.530. The van der Waals surface area contributed by atoms with Crippen LogP contribution in [-0.4, -0.2) is 62.9 Å². The van der Waals surface area contributed by atoms with E-state index < -0.39 is 18.3 Å². The standard InChI is InChI=1S/C27H38N2O7/c1-17-12-13-23(34-4)22(33-3)10-7-9-19-14-20(16-21(30)15-19)29-26(31)18(2)8-6-11-24(35-5)25(17)36-27(28)32/h6,8,11-12,14-16,22-25,30H,7,9-10,13H2,1-5H3,(H2,28,32)(H,29,31)/b11-6-,17-12+,18-8+. The Balaban J connectivity index is 2.45. The van der Waals surface area contributed by atoms with E-state index in [4.69, 9.17) is 24.7 Å². The Bertz CT molecular complexity index is 986. The third-order valence-electron chi connectivity index (χ3n) is 6.15. The molecule has 0 fully saturated rings. The van der Waals surface area contributed by atoms with Crippen molar-refractivity contribution in [1.29, 1.82) is 0 Å². The molecule has 4 N–H and O–H groups in total. The molecule has 1 heterocycles. The number of hydrogen-bond donors (Lipinski definition) is 3. The number of carbonyl (C=O) groups excluding carboxylic acids is 2. The molecular weight excluding hydrogens is 464 g/mol. The molecule has 2 amide bonds. The van der Waals surface area contributed by atoms with Gasteiger partial charge in [0, 0.05) is 38.7 Å². The summed E-state index contributed by atoms with van der Waals surface area (Å²) in [7, 11) is 4.77. The molecule has 4 unspecified atom stereocenters. The number of anilines is 1. The molecule has 0 saturated heterocycles. The van der Waals surface area contributed by atoms with E-state index in [-0.39, 0.29) is 23.9 Å². The fraction of sp³-hybridized carbons (Fsp3) is 0.481. The first-order valence-corrected chi connectivity index (χ1v) is 11.9. The Labute approximate surface area is 212 Å². The van der Waals surface area contributed by atoms with Crippen molar-refractivity contribution in [3.8, 4) is 5.75 Å². The number of amides is 2. The second kappa shape index (κ2) is 14.4. The summed E-state index contributed by atoms with van der Waals surface area (Å²) in [6.07, 6.45) is 6.86. The summed E-state index contributed by atoms with van der Waals surface area (Å²) < 4.78 is 22.4. The Morgan fingerprint density at radius 1 is 1.08 bits per heavy atom. The van der Waals surface area contributed by atoms with Gasteiger partial charge in [-0.25, -0.2) is 4.79 Å². The van der Waals surface area contributed by atoms with Crippen molar-refractivity contribution in [2.75, 3.05) is 26.6 Å². The highest BCUT2D eigenvalue weighted by Crippen LogP contribution is 2.24. The van der Waals surface area contributed by atoms with Crippen LogP contribution < -0.4 is 11.1 Å². The van der Waals surface area contributed by atoms with Gasteiger partial charge in [-0.1, -0.05) is 24.3 Å². The average molecular weight is 503 g/mol. The van der Waals surface area contributed by atoms with Crippen molar-refractivity contribution < 1.29 is 33.6 Å². The van der Waals surface area contributed by atoms with Gasteiger partial charge in [-0.15, -0.1) is 0 Å². The number of ether oxygens (including phenoxy) is 4. The lowest BCUT2D eigenvalue weighted by Crippen LogP contribution is -2.35. The predicted octanol–water partition coefficient (Wildman–Crippen LogP) is 4.01. The molecule has 1 aliphatic heterocycles. The van der Waals surface area contributed by atoms with E-state index in [2.05, 4.69) is 5.32 Å². The fourth-order valence-electron chi connectivity index (χ4n) is 4.13. The third kappa shape index (κ3) is 8.82. The number of benzene rings is 1. The SMILES string of the molecule is COC1/C=C\C=C(/C)C(=O)Nc2cc(O)cc(c2)CCCC(OC)C(OC)C/C=C(\C)C1OC(N)=O. The summed E-state index contributed by atoms with van der Waals surface area (Å²) in [6, 6.07) is 5.05. The second-order valence-corrected chi connectivity index (χ2v) is 8.76. The zero-order valence-electron chi connectivity index (χ0n) is 21.7. The van der Waals surface area contributed by atoms with Crippen LogP contribution in [-0.2, 0) is 30.2 Å². The van der Waals surface area contributed by atoms with Crippen LogP contribution in [0.15, 0.2) is 53.6 Å². The normalized spacial score (nSPS) is 28.2. The number of methoxy groups -OCH3 is 3. The van der Waals surface area contributed by atoms with Gasteiger partial charge in [0.2, 0.25) is 0 Å². The lowest BCUT2D eigenvalue weighted by atomic mass is 9.98. The summed E-state index contributed by atoms with van der Waals surface area (Å²) in [5.41, 5.74) is 7.92. The van der Waals surface area contributed by atoms with E-state index in [1.165, 1.54) is 13.2 Å². The number of fused-ring (bicyclic) bond motifs is 2. The largest absolute Gasteiger partial charge is 0.508 e. The number of carbonyl (C=O) groups is 2. The highest BCUT2D eigenvalue weighted by molar-refractivity contribution is 6.03. The molecule has 0 spiro atoms. The third-order valence-corrected chi connectivity index (χ3v) is 6.15. The van der Waals surface area contributed by atoms with Crippen molar-refractivity contribution in [3.05, 3.63) is 59.2 Å². The minimum atomic E-state index is -0.921. The number of primary amides is 1. The molecule has 1 aromatic carbocycles. The smallest absolute Gasteiger partial charge is 0.405 e. The number of phenolic OH excluding ortho intramolecular Hbond substituents is 1. The molecule has 36 heavy (non-hydrogen) atoms. The predicted molar refractivity (Wildman–Crippen MR) is 138 cm³/mol. The first kappa shape index (κ1) is 29.1. The molecule has 4 atom stereocenters. The molecule has 0 aliphatic carbocycles. The van der Waals surface area contributed by atoms with Crippen LogP contribution in [0.5, 0.6) is 5.75 Å². The van der Waals surface area contributed by atoms with E-state index in [1.54, 1.807) is 45.4 Å². The van der Waals surface area contributed by atoms with Gasteiger partial charge in [-0.2, -0.15) is 0 Å². The van der Waals surface area contributed by atoms with Gasteiger partial charge in [0.25, 0.3) is 5.91 Å². The Kier molecular flexibility index (Phi) is 11.7. The highest BCUT2D eigenvalue weighted by atomic mass is 16.6. The van der Waals surface area contributed by atoms with Crippen molar-refractivity contribution in [2.24, 2.45) is 5.73 Å². The second-order valence-electron chi connectivity index (χ2n) is 8.76. The van der Waals surface area contributed by atoms with Crippen LogP contribution in [0.1, 0.15) is 38.7 Å². The molecule has 0 aromatic heterocycles. The van der Waals surface area contributed by atoms with Gasteiger partial charge in [0.1, 0.15) is 11.9 Å². The molecule has 1 aliphatic rings. The van der Waals surface area contributed by atoms with Crippen LogP contribution in [0.3, 0.4) is 0 Å². The van der Waals surface area contributed by atoms with Crippen LogP contribution >= 0.6 is 0 Å². The molecule has 0 radical (unpaired) electrons. The summed E-state index contributed by atoms with van der Waals surface area (Å²) in [6.45, 7) is 3.50. The number of phenols is 1. The van der Waals surface area contributed by atoms with Gasteiger partial charge in [-0.05, 0) is 62.8 Å². The van der Waals surface area contributed by atoms with Crippen LogP contribution in [0, 0.1) is 0 Å². The van der Waals surface area contributed by atoms with Crippen molar-refractivity contribution in [2.45, 2.75) is 63.9 Å². The van der Waals surface area contributed by atoms with Gasteiger partial charge in [-0.3, -0.25) is 4.79 Å². The number of allylic oxidation sites excluding steroid dienone is 2. The summed E-state index contributed by atoms with van der Waals surface area (Å²) in [5.74, 6) is -0.233. The Morgan fingerprint density at radius 3 is 2.44 bits per heavy atom. The molecule has 9 heteroatoms. The van der Waals surface area contributed by atoms with Crippen molar-refractivity contribution >= 4 is 17.7 Å². The van der Waals surface area contributed by atoms with Gasteiger partial charge >= 0.3 is 6.09 Å². The minimum absolute atomic E-state index is 0.0809. The lowest BCUT2D eigenvalue weighted by molar-refractivity contribution is -0.112. The topological polar surface area (TPSA) is 129 Å². The maximum absolute atomic E-state index is 12.7. The first-order valence-electron chi connectivity index (χ1n) is 11.9. The number of rotatable bonds is 4. The Morgan fingerprint density at radius 2 is 1.81 bits per heavy atom. The van der Waals surface area contributed by atoms with Crippen LogP contribution in [0.2, 0.25) is 0 Å². The Hall–Kier alpha value is -3.14. The fourth-order valence-corrected chi connectivity index (χ4v) is 4.13. The average Bonchev–Trinajstić information content (AvgIpc) is 2.83. The molecule has 9 nitrogen and oxygen atoms in total. The van der Waals surface area contributed by atoms with Crippen LogP contribution in [0.25, 0.3) is 0 Å². The molecule has 198 valence electrons. The maximum atomic E-state index is 12.7. The zero-order valence-corrected chi connectivity index (χ0v) is 21.7. The van der Waals surface area contributed by atoms with E-state index in [1.807, 2.05) is 19.1 Å². The summed E-state index contributed by atoms with van der Waals surface area (Å²) in [4.78, 5) is 24.3.